The molecule has 2 heterocycles. The Hall–Kier alpha value is -4.00. The number of rotatable bonds is 15. The number of benzene rings is 1. The molecule has 3 aliphatic rings. The molecule has 1 saturated carbocycles. The van der Waals surface area contributed by atoms with Gasteiger partial charge in [0.25, 0.3) is 0 Å². The lowest BCUT2D eigenvalue weighted by Crippen LogP contribution is -2.60. The van der Waals surface area contributed by atoms with Crippen molar-refractivity contribution in [3.05, 3.63) is 35.9 Å². The highest BCUT2D eigenvalue weighted by molar-refractivity contribution is 5.97. The van der Waals surface area contributed by atoms with Crippen LogP contribution in [0, 0.1) is 11.8 Å². The van der Waals surface area contributed by atoms with Crippen LogP contribution in [-0.4, -0.2) is 100 Å². The summed E-state index contributed by atoms with van der Waals surface area (Å²) in [6, 6.07) is 4.25. The highest BCUT2D eigenvalue weighted by Gasteiger charge is 2.41. The predicted molar refractivity (Wildman–Crippen MR) is 196 cm³/mol. The first kappa shape index (κ1) is 40.8. The van der Waals surface area contributed by atoms with Gasteiger partial charge in [0.1, 0.15) is 30.2 Å². The Labute approximate surface area is 308 Å². The number of carbonyl (C=O) groups excluding carboxylic acids is 6. The van der Waals surface area contributed by atoms with Crippen LogP contribution >= 0.6 is 0 Å². The van der Waals surface area contributed by atoms with Gasteiger partial charge in [0.05, 0.1) is 6.10 Å². The van der Waals surface area contributed by atoms with Gasteiger partial charge < -0.3 is 36.2 Å². The van der Waals surface area contributed by atoms with Crippen LogP contribution in [0.5, 0.6) is 0 Å². The third kappa shape index (κ3) is 10.8. The summed E-state index contributed by atoms with van der Waals surface area (Å²) in [6.07, 6.45) is 8.46. The summed E-state index contributed by atoms with van der Waals surface area (Å²) in [5.74, 6) is -1.84. The van der Waals surface area contributed by atoms with Gasteiger partial charge in [-0.1, -0.05) is 76.3 Å². The quantitative estimate of drug-likeness (QED) is 0.185. The van der Waals surface area contributed by atoms with Crippen LogP contribution in [0.15, 0.2) is 30.3 Å². The lowest BCUT2D eigenvalue weighted by Gasteiger charge is -2.38. The van der Waals surface area contributed by atoms with Gasteiger partial charge in [-0.2, -0.15) is 0 Å². The summed E-state index contributed by atoms with van der Waals surface area (Å²) >= 11 is 0. The van der Waals surface area contributed by atoms with E-state index in [1.54, 1.807) is 19.1 Å². The van der Waals surface area contributed by atoms with Gasteiger partial charge in [0, 0.05) is 26.1 Å². The second kappa shape index (κ2) is 19.7. The van der Waals surface area contributed by atoms with E-state index in [9.17, 15) is 33.9 Å². The number of nitrogens with zero attached hydrogens (tertiary/aromatic N) is 2. The molecule has 7 atom stereocenters. The van der Waals surface area contributed by atoms with E-state index in [1.807, 2.05) is 25.1 Å². The standard InChI is InChI=1S/C39H60N6O7/c1-5-21-40-37(50)33(27(4)46)43-36(49)31-20-14-23-44(31)38(51)26(3)41-35(48)30-19-12-13-22-45(30)39(52)34(29-17-10-7-11-18-29)42-32(47)24-25(2)28-15-8-6-9-16-28/h7,10-11,17-18,25-28,30-31,33-34,46H,5-6,8-9,12-16,19-24H2,1-4H3,(H,40,50)(H,41,48)(H,42,47)(H,43,49)/t25-,26-,27+,30-,31-,33-,34-/m0/s1. The maximum Gasteiger partial charge on any atom is 0.250 e. The number of nitrogens with one attached hydrogen (secondary N) is 4. The van der Waals surface area contributed by atoms with E-state index in [4.69, 9.17) is 0 Å². The van der Waals surface area contributed by atoms with Gasteiger partial charge >= 0.3 is 0 Å². The summed E-state index contributed by atoms with van der Waals surface area (Å²) in [7, 11) is 0. The summed E-state index contributed by atoms with van der Waals surface area (Å²) in [4.78, 5) is 84.0. The van der Waals surface area contributed by atoms with E-state index in [-0.39, 0.29) is 17.7 Å². The Balaban J connectivity index is 1.42. The van der Waals surface area contributed by atoms with Crippen molar-refractivity contribution in [2.45, 2.75) is 141 Å². The molecule has 1 aromatic carbocycles. The third-order valence-electron chi connectivity index (χ3n) is 10.9. The summed E-state index contributed by atoms with van der Waals surface area (Å²) in [5, 5.41) is 21.3. The number of hydrogen-bond donors (Lipinski definition) is 5. The lowest BCUT2D eigenvalue weighted by molar-refractivity contribution is -0.147. The van der Waals surface area contributed by atoms with Crippen LogP contribution < -0.4 is 21.3 Å². The fourth-order valence-electron chi connectivity index (χ4n) is 7.89. The van der Waals surface area contributed by atoms with Crippen molar-refractivity contribution >= 4 is 35.4 Å². The molecular weight excluding hydrogens is 664 g/mol. The van der Waals surface area contributed by atoms with E-state index < -0.39 is 59.9 Å². The predicted octanol–water partition coefficient (Wildman–Crippen LogP) is 2.72. The largest absolute Gasteiger partial charge is 0.391 e. The first-order chi connectivity index (χ1) is 24.9. The highest BCUT2D eigenvalue weighted by Crippen LogP contribution is 2.32. The molecule has 2 aliphatic heterocycles. The lowest BCUT2D eigenvalue weighted by atomic mass is 9.79. The van der Waals surface area contributed by atoms with Crippen LogP contribution in [0.1, 0.15) is 116 Å². The molecule has 13 heteroatoms. The van der Waals surface area contributed by atoms with E-state index in [0.29, 0.717) is 69.6 Å². The number of likely N-dealkylation sites (tertiary alicyclic amines) is 2. The molecule has 0 aromatic heterocycles. The number of carbonyl (C=O) groups is 6. The Bertz CT molecular complexity index is 1380. The van der Waals surface area contributed by atoms with Crippen LogP contribution in [0.2, 0.25) is 0 Å². The molecular formula is C39H60N6O7. The van der Waals surface area contributed by atoms with Crippen LogP contribution in [-0.2, 0) is 28.8 Å². The smallest absolute Gasteiger partial charge is 0.250 e. The number of piperidine rings is 1. The number of aliphatic hydroxyl groups excluding tert-OH is 1. The number of aliphatic hydroxyl groups is 1. The van der Waals surface area contributed by atoms with Crippen LogP contribution in [0.3, 0.4) is 0 Å². The molecule has 288 valence electrons. The fraction of sp³-hybridized carbons (Fsp3) is 0.692. The van der Waals surface area contributed by atoms with Gasteiger partial charge in [-0.15, -0.1) is 0 Å². The molecule has 1 aliphatic carbocycles. The van der Waals surface area contributed by atoms with Gasteiger partial charge in [-0.05, 0) is 69.8 Å². The average molecular weight is 725 g/mol. The van der Waals surface area contributed by atoms with E-state index in [1.165, 1.54) is 36.0 Å². The Morgan fingerprint density at radius 1 is 0.750 bits per heavy atom. The molecule has 4 rings (SSSR count). The molecule has 0 unspecified atom stereocenters. The highest BCUT2D eigenvalue weighted by atomic mass is 16.3. The fourth-order valence-corrected chi connectivity index (χ4v) is 7.89. The zero-order valence-electron chi connectivity index (χ0n) is 31.4. The maximum atomic E-state index is 14.3. The Morgan fingerprint density at radius 3 is 2.00 bits per heavy atom. The van der Waals surface area contributed by atoms with E-state index in [0.717, 1.165) is 19.3 Å². The molecule has 0 spiro atoms. The normalized spacial score (nSPS) is 22.3. The number of amides is 6. The molecule has 13 nitrogen and oxygen atoms in total. The molecule has 2 saturated heterocycles. The Morgan fingerprint density at radius 2 is 1.35 bits per heavy atom. The zero-order valence-corrected chi connectivity index (χ0v) is 31.4. The minimum Gasteiger partial charge on any atom is -0.391 e. The Kier molecular flexibility index (Phi) is 15.5. The van der Waals surface area contributed by atoms with Crippen molar-refractivity contribution in [1.82, 2.24) is 31.1 Å². The van der Waals surface area contributed by atoms with Gasteiger partial charge in [-0.3, -0.25) is 28.8 Å². The first-order valence-electron chi connectivity index (χ1n) is 19.4. The second-order valence-electron chi connectivity index (χ2n) is 15.0. The molecule has 1 aromatic rings. The van der Waals surface area contributed by atoms with Crippen LogP contribution in [0.25, 0.3) is 0 Å². The maximum absolute atomic E-state index is 14.3. The van der Waals surface area contributed by atoms with Gasteiger partial charge in [0.2, 0.25) is 35.4 Å². The van der Waals surface area contributed by atoms with E-state index in [2.05, 4.69) is 28.2 Å². The molecule has 0 radical (unpaired) electrons. The molecule has 52 heavy (non-hydrogen) atoms. The van der Waals surface area contributed by atoms with Crippen molar-refractivity contribution in [2.75, 3.05) is 19.6 Å². The van der Waals surface area contributed by atoms with Crippen molar-refractivity contribution in [3.63, 3.8) is 0 Å². The minimum atomic E-state index is -1.17. The van der Waals surface area contributed by atoms with Crippen molar-refractivity contribution in [3.8, 4) is 0 Å². The second-order valence-corrected chi connectivity index (χ2v) is 15.0. The van der Waals surface area contributed by atoms with Crippen LogP contribution in [0.4, 0.5) is 0 Å². The van der Waals surface area contributed by atoms with Gasteiger partial charge in [-0.25, -0.2) is 0 Å². The minimum absolute atomic E-state index is 0.192. The first-order valence-corrected chi connectivity index (χ1v) is 19.4. The monoisotopic (exact) mass is 724 g/mol. The molecule has 3 fully saturated rings. The van der Waals surface area contributed by atoms with E-state index >= 15 is 0 Å². The van der Waals surface area contributed by atoms with Crippen molar-refractivity contribution in [1.29, 1.82) is 0 Å². The topological polar surface area (TPSA) is 177 Å². The molecule has 0 bridgehead atoms. The van der Waals surface area contributed by atoms with Gasteiger partial charge in [0.15, 0.2) is 0 Å². The SMILES string of the molecule is CCCNC(=O)[C@@H](NC(=O)[C@@H]1CCCN1C(=O)[C@H](C)NC(=O)[C@@H]1CCCCN1C(=O)[C@@H](NC(=O)C[C@H](C)C1CCCCC1)c1ccccc1)[C@@H](C)O. The summed E-state index contributed by atoms with van der Waals surface area (Å²) in [6.45, 7) is 8.00. The number of hydrogen-bond acceptors (Lipinski definition) is 7. The molecule has 5 N–H and O–H groups in total. The zero-order chi connectivity index (χ0) is 37.8. The van der Waals surface area contributed by atoms with Crippen molar-refractivity contribution in [2.24, 2.45) is 11.8 Å². The average Bonchev–Trinajstić information content (AvgIpc) is 3.65. The third-order valence-corrected chi connectivity index (χ3v) is 10.9. The summed E-state index contributed by atoms with van der Waals surface area (Å²) in [5.41, 5.74) is 0.637. The molecule has 6 amide bonds. The van der Waals surface area contributed by atoms with Crippen molar-refractivity contribution < 1.29 is 33.9 Å². The summed E-state index contributed by atoms with van der Waals surface area (Å²) < 4.78 is 0.